The Morgan fingerprint density at radius 1 is 1.12 bits per heavy atom. The van der Waals surface area contributed by atoms with Crippen molar-refractivity contribution in [3.63, 3.8) is 0 Å². The highest BCUT2D eigenvalue weighted by Crippen LogP contribution is 2.70. The standard InChI is InChI=1S/C24H28N4O4S/c1-22(2,3)32-21(29)23-13-24(14-23,15-23)27(4)19-18-10-11-28(20(18)26-16-25-19)33(30,31)12-17-8-6-5-7-9-17/h5-11,16H,12-15H2,1-4H3. The third-order valence-corrected chi connectivity index (χ3v) is 8.37. The van der Waals surface area contributed by atoms with Gasteiger partial charge in [0.15, 0.2) is 5.65 Å². The Labute approximate surface area is 193 Å². The van der Waals surface area contributed by atoms with Gasteiger partial charge in [0.1, 0.15) is 17.7 Å². The molecule has 0 spiro atoms. The molecule has 2 bridgehead atoms. The maximum Gasteiger partial charge on any atom is 0.312 e. The molecule has 1 aromatic carbocycles. The number of rotatable bonds is 6. The monoisotopic (exact) mass is 468 g/mol. The van der Waals surface area contributed by atoms with E-state index in [0.29, 0.717) is 41.7 Å². The van der Waals surface area contributed by atoms with Gasteiger partial charge in [-0.1, -0.05) is 30.3 Å². The molecule has 0 atom stereocenters. The van der Waals surface area contributed by atoms with Crippen LogP contribution in [0.2, 0.25) is 0 Å². The minimum atomic E-state index is -3.65. The zero-order valence-electron chi connectivity index (χ0n) is 19.3. The minimum Gasteiger partial charge on any atom is -0.460 e. The Bertz CT molecular complexity index is 1320. The van der Waals surface area contributed by atoms with E-state index >= 15 is 0 Å². The van der Waals surface area contributed by atoms with Crippen molar-refractivity contribution >= 4 is 32.8 Å². The molecule has 2 heterocycles. The van der Waals surface area contributed by atoms with Crippen LogP contribution in [-0.2, 0) is 25.3 Å². The van der Waals surface area contributed by atoms with E-state index in [1.165, 1.54) is 10.3 Å². The topological polar surface area (TPSA) is 94.4 Å². The van der Waals surface area contributed by atoms with Gasteiger partial charge in [-0.05, 0) is 51.7 Å². The largest absolute Gasteiger partial charge is 0.460 e. The normalized spacial score (nSPS) is 24.1. The van der Waals surface area contributed by atoms with Gasteiger partial charge in [0.2, 0.25) is 10.0 Å². The SMILES string of the molecule is CN(c1ncnc2c1ccn2S(=O)(=O)Cc1ccccc1)C12CC(C(=O)OC(C)(C)C)(C1)C2. The van der Waals surface area contributed by atoms with Crippen molar-refractivity contribution in [1.82, 2.24) is 13.9 Å². The molecule has 33 heavy (non-hydrogen) atoms. The van der Waals surface area contributed by atoms with Crippen LogP contribution < -0.4 is 4.90 Å². The van der Waals surface area contributed by atoms with E-state index in [2.05, 4.69) is 14.9 Å². The van der Waals surface area contributed by atoms with E-state index in [-0.39, 0.29) is 17.3 Å². The predicted octanol–water partition coefficient (Wildman–Crippen LogP) is 3.51. The number of carbonyl (C=O) groups is 1. The molecule has 2 aromatic heterocycles. The number of nitrogens with zero attached hydrogens (tertiary/aromatic N) is 4. The fourth-order valence-electron chi connectivity index (χ4n) is 5.18. The highest BCUT2D eigenvalue weighted by Gasteiger charge is 2.74. The minimum absolute atomic E-state index is 0.116. The maximum absolute atomic E-state index is 13.1. The van der Waals surface area contributed by atoms with Gasteiger partial charge >= 0.3 is 5.97 Å². The summed E-state index contributed by atoms with van der Waals surface area (Å²) >= 11 is 0. The molecule has 6 rings (SSSR count). The van der Waals surface area contributed by atoms with E-state index in [9.17, 15) is 13.2 Å². The number of hydrogen-bond acceptors (Lipinski definition) is 7. The van der Waals surface area contributed by atoms with Gasteiger partial charge in [-0.25, -0.2) is 22.4 Å². The first-order valence-electron chi connectivity index (χ1n) is 11.0. The van der Waals surface area contributed by atoms with Crippen molar-refractivity contribution in [2.24, 2.45) is 5.41 Å². The van der Waals surface area contributed by atoms with Gasteiger partial charge in [-0.3, -0.25) is 4.79 Å². The molecule has 0 radical (unpaired) electrons. The highest BCUT2D eigenvalue weighted by atomic mass is 32.2. The van der Waals surface area contributed by atoms with E-state index < -0.39 is 21.0 Å². The lowest BCUT2D eigenvalue weighted by Gasteiger charge is -2.71. The molecule has 3 saturated carbocycles. The summed E-state index contributed by atoms with van der Waals surface area (Å²) in [7, 11) is -1.69. The smallest absolute Gasteiger partial charge is 0.312 e. The van der Waals surface area contributed by atoms with Gasteiger partial charge in [-0.15, -0.1) is 0 Å². The number of benzene rings is 1. The molecule has 3 aliphatic rings. The van der Waals surface area contributed by atoms with E-state index in [1.54, 1.807) is 24.4 Å². The lowest BCUT2D eigenvalue weighted by molar-refractivity contribution is -0.208. The van der Waals surface area contributed by atoms with Crippen molar-refractivity contribution in [1.29, 1.82) is 0 Å². The van der Waals surface area contributed by atoms with Gasteiger partial charge in [-0.2, -0.15) is 0 Å². The molecular formula is C24H28N4O4S. The average Bonchev–Trinajstić information content (AvgIpc) is 3.10. The fourth-order valence-corrected chi connectivity index (χ4v) is 6.59. The third kappa shape index (κ3) is 3.49. The Morgan fingerprint density at radius 3 is 2.42 bits per heavy atom. The molecule has 0 unspecified atom stereocenters. The summed E-state index contributed by atoms with van der Waals surface area (Å²) in [6, 6.07) is 10.8. The Morgan fingerprint density at radius 2 is 1.79 bits per heavy atom. The van der Waals surface area contributed by atoms with Crippen molar-refractivity contribution in [2.45, 2.75) is 56.9 Å². The van der Waals surface area contributed by atoms with Crippen molar-refractivity contribution < 1.29 is 17.9 Å². The summed E-state index contributed by atoms with van der Waals surface area (Å²) in [6.45, 7) is 5.64. The van der Waals surface area contributed by atoms with Gasteiger partial charge in [0.25, 0.3) is 0 Å². The number of esters is 1. The number of fused-ring (bicyclic) bond motifs is 1. The zero-order chi connectivity index (χ0) is 23.6. The first-order chi connectivity index (χ1) is 15.4. The molecule has 174 valence electrons. The molecule has 3 fully saturated rings. The average molecular weight is 469 g/mol. The van der Waals surface area contributed by atoms with Gasteiger partial charge < -0.3 is 9.64 Å². The summed E-state index contributed by atoms with van der Waals surface area (Å²) in [4.78, 5) is 23.5. The highest BCUT2D eigenvalue weighted by molar-refractivity contribution is 7.89. The Balaban J connectivity index is 1.39. The fraction of sp³-hybridized carbons (Fsp3) is 0.458. The van der Waals surface area contributed by atoms with Crippen LogP contribution in [0.1, 0.15) is 45.6 Å². The Hall–Kier alpha value is -2.94. The second-order valence-corrected chi connectivity index (χ2v) is 12.2. The number of hydrogen-bond donors (Lipinski definition) is 0. The van der Waals surface area contributed by atoms with Crippen LogP contribution in [0.3, 0.4) is 0 Å². The number of ether oxygens (including phenoxy) is 1. The van der Waals surface area contributed by atoms with Gasteiger partial charge in [0, 0.05) is 18.8 Å². The summed E-state index contributed by atoms with van der Waals surface area (Å²) in [6.07, 6.45) is 5.08. The number of carbonyl (C=O) groups excluding carboxylic acids is 1. The maximum atomic E-state index is 13.1. The number of anilines is 1. The van der Waals surface area contributed by atoms with Crippen LogP contribution in [0.15, 0.2) is 48.9 Å². The predicted molar refractivity (Wildman–Crippen MR) is 125 cm³/mol. The Kier molecular flexibility index (Phi) is 4.66. The van der Waals surface area contributed by atoms with Crippen LogP contribution in [-0.4, -0.2) is 46.5 Å². The van der Waals surface area contributed by atoms with Crippen LogP contribution in [0.4, 0.5) is 5.82 Å². The summed E-state index contributed by atoms with van der Waals surface area (Å²) in [5, 5.41) is 0.674. The van der Waals surface area contributed by atoms with Crippen LogP contribution in [0, 0.1) is 5.41 Å². The first-order valence-corrected chi connectivity index (χ1v) is 12.6. The first kappa shape index (κ1) is 21.9. The van der Waals surface area contributed by atoms with Crippen LogP contribution >= 0.6 is 0 Å². The summed E-state index contributed by atoms with van der Waals surface area (Å²) in [5.41, 5.74) is 0.00343. The summed E-state index contributed by atoms with van der Waals surface area (Å²) < 4.78 is 33.1. The lowest BCUT2D eigenvalue weighted by atomic mass is 9.38. The van der Waals surface area contributed by atoms with Crippen LogP contribution in [0.5, 0.6) is 0 Å². The molecule has 0 saturated heterocycles. The second kappa shape index (κ2) is 7.03. The zero-order valence-corrected chi connectivity index (χ0v) is 20.1. The van der Waals surface area contributed by atoms with Crippen LogP contribution in [0.25, 0.3) is 11.0 Å². The molecule has 3 aliphatic carbocycles. The van der Waals surface area contributed by atoms with E-state index in [4.69, 9.17) is 4.74 Å². The van der Waals surface area contributed by atoms with Crippen molar-refractivity contribution in [3.05, 3.63) is 54.5 Å². The van der Waals surface area contributed by atoms with Gasteiger partial charge in [0.05, 0.1) is 16.6 Å². The second-order valence-electron chi connectivity index (χ2n) is 10.4. The van der Waals surface area contributed by atoms with Crippen molar-refractivity contribution in [3.8, 4) is 0 Å². The molecular weight excluding hydrogens is 440 g/mol. The molecule has 0 N–H and O–H groups in total. The lowest BCUT2D eigenvalue weighted by Crippen LogP contribution is -2.77. The molecule has 0 aliphatic heterocycles. The third-order valence-electron chi connectivity index (χ3n) is 6.78. The van der Waals surface area contributed by atoms with E-state index in [0.717, 1.165) is 0 Å². The molecule has 3 aromatic rings. The quantitative estimate of drug-likeness (QED) is 0.511. The summed E-state index contributed by atoms with van der Waals surface area (Å²) in [5.74, 6) is 0.428. The van der Waals surface area contributed by atoms with E-state index in [1.807, 2.05) is 46.0 Å². The molecule has 0 amide bonds. The molecule has 8 nitrogen and oxygen atoms in total. The number of aromatic nitrogens is 3. The van der Waals surface area contributed by atoms with Crippen molar-refractivity contribution in [2.75, 3.05) is 11.9 Å². The molecule has 9 heteroatoms.